The Balaban J connectivity index is 1.77. The lowest BCUT2D eigenvalue weighted by Gasteiger charge is -2.25. The van der Waals surface area contributed by atoms with Crippen LogP contribution in [0.2, 0.25) is 0 Å². The van der Waals surface area contributed by atoms with Crippen LogP contribution in [-0.4, -0.2) is 30.5 Å². The van der Waals surface area contributed by atoms with Crippen molar-refractivity contribution in [3.63, 3.8) is 0 Å². The molecule has 0 atom stereocenters. The summed E-state index contributed by atoms with van der Waals surface area (Å²) < 4.78 is 45.8. The van der Waals surface area contributed by atoms with Gasteiger partial charge in [0.05, 0.1) is 40.2 Å². The summed E-state index contributed by atoms with van der Waals surface area (Å²) in [6.07, 6.45) is -4.19. The molecule has 2 aromatic rings. The number of rotatable bonds is 3. The number of nitrogens with zero attached hydrogens (tertiary/aromatic N) is 2. The van der Waals surface area contributed by atoms with E-state index in [0.717, 1.165) is 24.4 Å². The Hall–Kier alpha value is -2.92. The molecule has 0 saturated carbocycles. The molecule has 2 heterocycles. The van der Waals surface area contributed by atoms with Crippen molar-refractivity contribution in [3.8, 4) is 0 Å². The van der Waals surface area contributed by atoms with Gasteiger partial charge in [0.15, 0.2) is 5.13 Å². The van der Waals surface area contributed by atoms with E-state index >= 15 is 0 Å². The van der Waals surface area contributed by atoms with Crippen molar-refractivity contribution in [1.82, 2.24) is 10.4 Å². The van der Waals surface area contributed by atoms with Crippen molar-refractivity contribution in [2.24, 2.45) is 0 Å². The number of halogens is 3. The van der Waals surface area contributed by atoms with Crippen LogP contribution in [0.5, 0.6) is 0 Å². The number of thiazole rings is 1. The van der Waals surface area contributed by atoms with Gasteiger partial charge in [0.2, 0.25) is 5.91 Å². The van der Waals surface area contributed by atoms with E-state index in [1.54, 1.807) is 0 Å². The molecule has 1 aromatic carbocycles. The minimum atomic E-state index is -4.68. The number of fused-ring (bicyclic) bond motifs is 2. The highest BCUT2D eigenvalue weighted by Gasteiger charge is 2.40. The Labute approximate surface area is 167 Å². The van der Waals surface area contributed by atoms with Crippen molar-refractivity contribution in [3.05, 3.63) is 45.5 Å². The summed E-state index contributed by atoms with van der Waals surface area (Å²) >= 11 is 1.21. The predicted octanol–water partition coefficient (Wildman–Crippen LogP) is 3.20. The smallest absolute Gasteiger partial charge is 0.418 e. The first-order valence-corrected chi connectivity index (χ1v) is 9.33. The molecular formula is C18H15F3N4O3S. The summed E-state index contributed by atoms with van der Waals surface area (Å²) in [5.41, 5.74) is 3.94. The fourth-order valence-corrected chi connectivity index (χ4v) is 4.49. The van der Waals surface area contributed by atoms with E-state index in [1.165, 1.54) is 35.4 Å². The van der Waals surface area contributed by atoms with E-state index in [4.69, 9.17) is 0 Å². The number of alkyl halides is 3. The molecule has 0 unspecified atom stereocenters. The number of hydrazine groups is 1. The highest BCUT2D eigenvalue weighted by molar-refractivity contribution is 7.17. The quantitative estimate of drug-likeness (QED) is 0.737. The molecule has 29 heavy (non-hydrogen) atoms. The van der Waals surface area contributed by atoms with Gasteiger partial charge in [0.25, 0.3) is 0 Å². The Kier molecular flexibility index (Phi) is 4.58. The molecule has 1 aliphatic carbocycles. The number of hydrogen-bond acceptors (Lipinski definition) is 7. The minimum absolute atomic E-state index is 0.127. The van der Waals surface area contributed by atoms with Crippen molar-refractivity contribution in [2.75, 3.05) is 24.0 Å². The molecular weight excluding hydrogens is 409 g/mol. The van der Waals surface area contributed by atoms with Gasteiger partial charge in [-0.3, -0.25) is 9.80 Å². The van der Waals surface area contributed by atoms with Gasteiger partial charge in [0, 0.05) is 19.9 Å². The number of carbonyl (C=O) groups is 2. The maximum absolute atomic E-state index is 13.8. The standard InChI is InChI=1S/C18H15F3N4O3S/c1-8(26)23-17-24-12-6-10-7-22-25(14(10)15(12)29-17)13-4-3-9(16(27)28-2)5-11(13)18(19,20)21/h3-5,22H,6-7H2,1-2H3,(H,23,24,26). The number of anilines is 2. The molecule has 2 aliphatic rings. The third kappa shape index (κ3) is 3.36. The molecule has 0 saturated heterocycles. The topological polar surface area (TPSA) is 83.6 Å². The van der Waals surface area contributed by atoms with Gasteiger partial charge in [-0.15, -0.1) is 0 Å². The number of aromatic nitrogens is 1. The van der Waals surface area contributed by atoms with Crippen molar-refractivity contribution in [1.29, 1.82) is 0 Å². The number of carbonyl (C=O) groups excluding carboxylic acids is 2. The molecule has 0 radical (unpaired) electrons. The van der Waals surface area contributed by atoms with E-state index < -0.39 is 17.7 Å². The lowest BCUT2D eigenvalue weighted by molar-refractivity contribution is -0.137. The van der Waals surface area contributed by atoms with E-state index in [2.05, 4.69) is 20.5 Å². The van der Waals surface area contributed by atoms with Gasteiger partial charge >= 0.3 is 12.1 Å². The Morgan fingerprint density at radius 2 is 2.10 bits per heavy atom. The van der Waals surface area contributed by atoms with Crippen LogP contribution in [-0.2, 0) is 22.1 Å². The second kappa shape index (κ2) is 6.85. The summed E-state index contributed by atoms with van der Waals surface area (Å²) in [5.74, 6) is -1.12. The van der Waals surface area contributed by atoms with E-state index in [0.29, 0.717) is 28.7 Å². The van der Waals surface area contributed by atoms with E-state index in [1.807, 2.05) is 0 Å². The number of amides is 1. The van der Waals surface area contributed by atoms with Crippen molar-refractivity contribution < 1.29 is 27.5 Å². The first kappa shape index (κ1) is 19.4. The SMILES string of the molecule is COC(=O)c1ccc(N2NCC3=C2c2sc(NC(C)=O)nc2C3)c(C(F)(F)F)c1. The van der Waals surface area contributed by atoms with E-state index in [9.17, 15) is 22.8 Å². The van der Waals surface area contributed by atoms with Crippen molar-refractivity contribution in [2.45, 2.75) is 19.5 Å². The lowest BCUT2D eigenvalue weighted by Crippen LogP contribution is -2.33. The van der Waals surface area contributed by atoms with Crippen LogP contribution in [0.3, 0.4) is 0 Å². The minimum Gasteiger partial charge on any atom is -0.465 e. The van der Waals surface area contributed by atoms with Gasteiger partial charge in [-0.05, 0) is 23.8 Å². The number of hydrogen-bond donors (Lipinski definition) is 2. The zero-order valence-electron chi connectivity index (χ0n) is 15.3. The molecule has 0 bridgehead atoms. The summed E-state index contributed by atoms with van der Waals surface area (Å²) in [5, 5.41) is 4.38. The molecule has 152 valence electrons. The first-order chi connectivity index (χ1) is 13.7. The lowest BCUT2D eigenvalue weighted by atomic mass is 10.1. The number of methoxy groups -OCH3 is 1. The predicted molar refractivity (Wildman–Crippen MR) is 100 cm³/mol. The van der Waals surface area contributed by atoms with Gasteiger partial charge in [0.1, 0.15) is 0 Å². The molecule has 4 rings (SSSR count). The second-order valence-corrected chi connectivity index (χ2v) is 7.50. The van der Waals surface area contributed by atoms with E-state index in [-0.39, 0.29) is 17.2 Å². The number of esters is 1. The van der Waals surface area contributed by atoms with Crippen LogP contribution in [0.25, 0.3) is 5.70 Å². The molecule has 0 spiro atoms. The summed E-state index contributed by atoms with van der Waals surface area (Å²) in [6.45, 7) is 1.74. The maximum atomic E-state index is 13.8. The third-order valence-electron chi connectivity index (χ3n) is 4.55. The molecule has 7 nitrogen and oxygen atoms in total. The number of ether oxygens (including phenoxy) is 1. The highest BCUT2D eigenvalue weighted by atomic mass is 32.1. The van der Waals surface area contributed by atoms with Crippen molar-refractivity contribution >= 4 is 39.7 Å². The van der Waals surface area contributed by atoms with Crippen LogP contribution in [0.15, 0.2) is 23.8 Å². The highest BCUT2D eigenvalue weighted by Crippen LogP contribution is 2.46. The molecule has 11 heteroatoms. The molecule has 2 N–H and O–H groups in total. The number of nitrogens with one attached hydrogen (secondary N) is 2. The second-order valence-electron chi connectivity index (χ2n) is 6.50. The van der Waals surface area contributed by atoms with Crippen LogP contribution in [0.4, 0.5) is 24.0 Å². The Morgan fingerprint density at radius 3 is 2.76 bits per heavy atom. The van der Waals surface area contributed by atoms with Gasteiger partial charge in [-0.1, -0.05) is 11.3 Å². The molecule has 1 aromatic heterocycles. The zero-order valence-corrected chi connectivity index (χ0v) is 16.1. The third-order valence-corrected chi connectivity index (χ3v) is 5.57. The molecule has 1 amide bonds. The van der Waals surface area contributed by atoms with Crippen LogP contribution < -0.4 is 15.8 Å². The average molecular weight is 424 g/mol. The van der Waals surface area contributed by atoms with Gasteiger partial charge in [-0.2, -0.15) is 13.2 Å². The summed E-state index contributed by atoms with van der Waals surface area (Å²) in [6, 6.07) is 3.32. The molecule has 0 fully saturated rings. The summed E-state index contributed by atoms with van der Waals surface area (Å²) in [4.78, 5) is 28.0. The average Bonchev–Trinajstić information content (AvgIpc) is 3.30. The van der Waals surface area contributed by atoms with Crippen LogP contribution >= 0.6 is 11.3 Å². The van der Waals surface area contributed by atoms with Gasteiger partial charge in [-0.25, -0.2) is 15.2 Å². The van der Waals surface area contributed by atoms with Crippen LogP contribution in [0.1, 0.15) is 33.4 Å². The molecule has 1 aliphatic heterocycles. The Bertz CT molecular complexity index is 1060. The summed E-state index contributed by atoms with van der Waals surface area (Å²) in [7, 11) is 1.11. The fraction of sp³-hybridized carbons (Fsp3) is 0.278. The van der Waals surface area contributed by atoms with Crippen LogP contribution in [0, 0.1) is 0 Å². The van der Waals surface area contributed by atoms with Gasteiger partial charge < -0.3 is 10.1 Å². The largest absolute Gasteiger partial charge is 0.465 e. The monoisotopic (exact) mass is 424 g/mol. The fourth-order valence-electron chi connectivity index (χ4n) is 3.37. The number of benzene rings is 1. The first-order valence-electron chi connectivity index (χ1n) is 8.52. The zero-order chi connectivity index (χ0) is 20.9. The normalized spacial score (nSPS) is 15.4. The Morgan fingerprint density at radius 1 is 1.34 bits per heavy atom. The maximum Gasteiger partial charge on any atom is 0.418 e.